The number of nitrogens with one attached hydrogen (secondary N) is 2. The van der Waals surface area contributed by atoms with Gasteiger partial charge in [0.2, 0.25) is 0 Å². The second-order valence-electron chi connectivity index (χ2n) is 6.87. The maximum absolute atomic E-state index is 12.0. The van der Waals surface area contributed by atoms with Crippen molar-refractivity contribution in [2.24, 2.45) is 5.10 Å². The number of anilines is 1. The van der Waals surface area contributed by atoms with Gasteiger partial charge in [-0.05, 0) is 54.4 Å². The van der Waals surface area contributed by atoms with Crippen LogP contribution in [0.15, 0.2) is 65.8 Å². The highest BCUT2D eigenvalue weighted by atomic mass is 35.5. The lowest BCUT2D eigenvalue weighted by atomic mass is 10.2. The van der Waals surface area contributed by atoms with Gasteiger partial charge in [-0.15, -0.1) is 0 Å². The van der Waals surface area contributed by atoms with Crippen LogP contribution in [-0.4, -0.2) is 25.1 Å². The molecule has 3 aromatic carbocycles. The topological polar surface area (TPSA) is 89.0 Å². The Labute approximate surface area is 201 Å². The quantitative estimate of drug-likeness (QED) is 0.280. The first kappa shape index (κ1) is 24.1. The van der Waals surface area contributed by atoms with Gasteiger partial charge in [0.05, 0.1) is 13.3 Å². The number of amides is 2. The molecular weight excluding hydrogens is 465 g/mol. The lowest BCUT2D eigenvalue weighted by Crippen LogP contribution is -2.32. The number of hydrogen-bond donors (Lipinski definition) is 2. The molecule has 9 heteroatoms. The number of benzene rings is 3. The summed E-state index contributed by atoms with van der Waals surface area (Å²) in [4.78, 5) is 24.0. The summed E-state index contributed by atoms with van der Waals surface area (Å²) in [6, 6.07) is 17.5. The third kappa shape index (κ3) is 6.47. The Kier molecular flexibility index (Phi) is 8.29. The average molecular weight is 486 g/mol. The SMILES string of the molecule is COc1cc(/C=N\NC(=O)C(=O)Nc2ccccc2C)ccc1OCc1c(Cl)cccc1Cl. The summed E-state index contributed by atoms with van der Waals surface area (Å²) in [7, 11) is 1.50. The van der Waals surface area contributed by atoms with Crippen LogP contribution in [0.3, 0.4) is 0 Å². The molecule has 0 aliphatic carbocycles. The van der Waals surface area contributed by atoms with Crippen LogP contribution in [0.5, 0.6) is 11.5 Å². The Morgan fingerprint density at radius 3 is 2.39 bits per heavy atom. The molecule has 7 nitrogen and oxygen atoms in total. The van der Waals surface area contributed by atoms with Gasteiger partial charge in [-0.3, -0.25) is 9.59 Å². The fourth-order valence-corrected chi connectivity index (χ4v) is 3.32. The molecule has 0 aromatic heterocycles. The second-order valence-corrected chi connectivity index (χ2v) is 7.68. The number of nitrogens with zero attached hydrogens (tertiary/aromatic N) is 1. The largest absolute Gasteiger partial charge is 0.493 e. The number of hydrazone groups is 1. The summed E-state index contributed by atoms with van der Waals surface area (Å²) in [6.45, 7) is 1.99. The molecule has 2 N–H and O–H groups in total. The van der Waals surface area contributed by atoms with E-state index in [-0.39, 0.29) is 6.61 Å². The van der Waals surface area contributed by atoms with Gasteiger partial charge >= 0.3 is 11.8 Å². The highest BCUT2D eigenvalue weighted by molar-refractivity contribution is 6.39. The molecule has 0 spiro atoms. The number of aryl methyl sites for hydroxylation is 1. The normalized spacial score (nSPS) is 10.7. The third-order valence-electron chi connectivity index (χ3n) is 4.60. The number of para-hydroxylation sites is 1. The van der Waals surface area contributed by atoms with E-state index < -0.39 is 11.8 Å². The fourth-order valence-electron chi connectivity index (χ4n) is 2.81. The Hall–Kier alpha value is -3.55. The molecule has 33 heavy (non-hydrogen) atoms. The van der Waals surface area contributed by atoms with Crippen LogP contribution in [0, 0.1) is 6.92 Å². The molecule has 0 fully saturated rings. The van der Waals surface area contributed by atoms with Crippen molar-refractivity contribution in [3.05, 3.63) is 87.4 Å². The minimum Gasteiger partial charge on any atom is -0.493 e. The molecule has 0 atom stereocenters. The molecule has 0 aliphatic heterocycles. The van der Waals surface area contributed by atoms with E-state index in [4.69, 9.17) is 32.7 Å². The molecule has 0 bridgehead atoms. The van der Waals surface area contributed by atoms with Crippen LogP contribution >= 0.6 is 23.2 Å². The summed E-state index contributed by atoms with van der Waals surface area (Å²) in [6.07, 6.45) is 1.39. The maximum atomic E-state index is 12.0. The van der Waals surface area contributed by atoms with Gasteiger partial charge in [-0.2, -0.15) is 5.10 Å². The van der Waals surface area contributed by atoms with E-state index in [2.05, 4.69) is 15.8 Å². The summed E-state index contributed by atoms with van der Waals surface area (Å²) < 4.78 is 11.2. The van der Waals surface area contributed by atoms with Crippen molar-refractivity contribution in [3.63, 3.8) is 0 Å². The number of methoxy groups -OCH3 is 1. The Balaban J connectivity index is 1.60. The third-order valence-corrected chi connectivity index (χ3v) is 5.31. The molecule has 0 saturated carbocycles. The summed E-state index contributed by atoms with van der Waals surface area (Å²) in [5, 5.41) is 7.39. The van der Waals surface area contributed by atoms with Crippen molar-refractivity contribution < 1.29 is 19.1 Å². The first-order chi connectivity index (χ1) is 15.9. The van der Waals surface area contributed by atoms with Crippen molar-refractivity contribution in [1.29, 1.82) is 0 Å². The maximum Gasteiger partial charge on any atom is 0.329 e. The van der Waals surface area contributed by atoms with Gasteiger partial charge in [0.25, 0.3) is 0 Å². The summed E-state index contributed by atoms with van der Waals surface area (Å²) in [5.74, 6) is -0.780. The first-order valence-corrected chi connectivity index (χ1v) is 10.6. The molecule has 0 saturated heterocycles. The predicted molar refractivity (Wildman–Crippen MR) is 129 cm³/mol. The number of carbonyl (C=O) groups is 2. The van der Waals surface area contributed by atoms with E-state index in [0.29, 0.717) is 38.4 Å². The molecule has 3 rings (SSSR count). The number of halogens is 2. The van der Waals surface area contributed by atoms with Gasteiger partial charge in [0.15, 0.2) is 11.5 Å². The van der Waals surface area contributed by atoms with Crippen molar-refractivity contribution in [3.8, 4) is 11.5 Å². The minimum atomic E-state index is -0.891. The highest BCUT2D eigenvalue weighted by Crippen LogP contribution is 2.31. The van der Waals surface area contributed by atoms with Crippen molar-refractivity contribution >= 4 is 46.9 Å². The van der Waals surface area contributed by atoms with E-state index in [1.165, 1.54) is 13.3 Å². The molecule has 0 unspecified atom stereocenters. The number of hydrogen-bond acceptors (Lipinski definition) is 5. The molecule has 3 aromatic rings. The standard InChI is InChI=1S/C24H21Cl2N3O4/c1-15-6-3-4-9-20(15)28-23(30)24(31)29-27-13-16-10-11-21(22(12-16)32-2)33-14-17-18(25)7-5-8-19(17)26/h3-13H,14H2,1-2H3,(H,28,30)(H,29,31)/b27-13-. The fraction of sp³-hybridized carbons (Fsp3) is 0.125. The molecule has 0 aliphatic rings. The van der Waals surface area contributed by atoms with Gasteiger partial charge < -0.3 is 14.8 Å². The van der Waals surface area contributed by atoms with Crippen molar-refractivity contribution in [1.82, 2.24) is 5.43 Å². The van der Waals surface area contributed by atoms with Crippen LogP contribution in [0.25, 0.3) is 0 Å². The zero-order valence-corrected chi connectivity index (χ0v) is 19.4. The molecule has 2 amide bonds. The minimum absolute atomic E-state index is 0.161. The van der Waals surface area contributed by atoms with Gasteiger partial charge in [-0.25, -0.2) is 5.43 Å². The van der Waals surface area contributed by atoms with Crippen LogP contribution in [0.2, 0.25) is 10.0 Å². The molecular formula is C24H21Cl2N3O4. The summed E-state index contributed by atoms with van der Waals surface area (Å²) in [5.41, 5.74) is 4.88. The lowest BCUT2D eigenvalue weighted by Gasteiger charge is -2.13. The number of ether oxygens (including phenoxy) is 2. The Morgan fingerprint density at radius 2 is 1.70 bits per heavy atom. The highest BCUT2D eigenvalue weighted by Gasteiger charge is 2.14. The molecule has 170 valence electrons. The Bertz CT molecular complexity index is 1180. The number of rotatable bonds is 7. The smallest absolute Gasteiger partial charge is 0.329 e. The van der Waals surface area contributed by atoms with Gasteiger partial charge in [-0.1, -0.05) is 47.5 Å². The van der Waals surface area contributed by atoms with Crippen LogP contribution in [0.1, 0.15) is 16.7 Å². The van der Waals surface area contributed by atoms with Crippen LogP contribution in [-0.2, 0) is 16.2 Å². The first-order valence-electron chi connectivity index (χ1n) is 9.82. The van der Waals surface area contributed by atoms with Crippen molar-refractivity contribution in [2.75, 3.05) is 12.4 Å². The van der Waals surface area contributed by atoms with Crippen LogP contribution < -0.4 is 20.2 Å². The number of carbonyl (C=O) groups excluding carboxylic acids is 2. The summed E-state index contributed by atoms with van der Waals surface area (Å²) >= 11 is 12.4. The monoisotopic (exact) mass is 485 g/mol. The average Bonchev–Trinajstić information content (AvgIpc) is 2.80. The van der Waals surface area contributed by atoms with Gasteiger partial charge in [0.1, 0.15) is 6.61 Å². The van der Waals surface area contributed by atoms with E-state index >= 15 is 0 Å². The predicted octanol–water partition coefficient (Wildman–Crippen LogP) is 4.98. The zero-order chi connectivity index (χ0) is 23.8. The van der Waals surface area contributed by atoms with E-state index in [0.717, 1.165) is 5.56 Å². The van der Waals surface area contributed by atoms with Crippen LogP contribution in [0.4, 0.5) is 5.69 Å². The van der Waals surface area contributed by atoms with E-state index in [1.54, 1.807) is 48.5 Å². The Morgan fingerprint density at radius 1 is 0.970 bits per heavy atom. The molecule has 0 radical (unpaired) electrons. The lowest BCUT2D eigenvalue weighted by molar-refractivity contribution is -0.136. The van der Waals surface area contributed by atoms with E-state index in [1.807, 2.05) is 19.1 Å². The zero-order valence-electron chi connectivity index (χ0n) is 17.9. The second kappa shape index (κ2) is 11.4. The van der Waals surface area contributed by atoms with Crippen molar-refractivity contribution in [2.45, 2.75) is 13.5 Å². The molecule has 0 heterocycles. The van der Waals surface area contributed by atoms with E-state index in [9.17, 15) is 9.59 Å². The van der Waals surface area contributed by atoms with Gasteiger partial charge in [0, 0.05) is 21.3 Å².